The summed E-state index contributed by atoms with van der Waals surface area (Å²) in [6.45, 7) is 4.89. The number of carbonyl (C=O) groups excluding carboxylic acids is 2. The Bertz CT molecular complexity index is 1570. The molecule has 0 aliphatic rings. The van der Waals surface area contributed by atoms with Crippen molar-refractivity contribution in [1.29, 1.82) is 0 Å². The van der Waals surface area contributed by atoms with Gasteiger partial charge in [0.2, 0.25) is 11.8 Å². The molecule has 0 bridgehead atoms. The van der Waals surface area contributed by atoms with Crippen molar-refractivity contribution in [3.05, 3.63) is 81.3 Å². The van der Waals surface area contributed by atoms with Crippen LogP contribution < -0.4 is 19.1 Å². The van der Waals surface area contributed by atoms with E-state index in [1.54, 1.807) is 25.1 Å². The van der Waals surface area contributed by atoms with E-state index in [1.165, 1.54) is 61.6 Å². The average molecular weight is 685 g/mol. The minimum atomic E-state index is -4.35. The third-order valence-corrected chi connectivity index (χ3v) is 9.69. The van der Waals surface area contributed by atoms with Crippen LogP contribution in [-0.2, 0) is 26.2 Å². The molecule has 238 valence electrons. The standard InChI is InChI=1S/C31H36Cl3N3O6S/c1-6-20(3)35-31(39)27(7-2)36(18-21-8-9-23(33)16-26(21)34)30(38)19-37(24-12-10-22(32)11-13-24)44(40,41)25-14-15-28(42-4)29(17-25)43-5/h8-17,20,27H,6-7,18-19H2,1-5H3,(H,35,39). The second kappa shape index (κ2) is 15.7. The Balaban J connectivity index is 2.12. The third kappa shape index (κ3) is 8.50. The first kappa shape index (κ1) is 35.3. The highest BCUT2D eigenvalue weighted by Crippen LogP contribution is 2.33. The van der Waals surface area contributed by atoms with Crippen molar-refractivity contribution in [2.24, 2.45) is 0 Å². The van der Waals surface area contributed by atoms with E-state index >= 15 is 0 Å². The number of halogens is 3. The van der Waals surface area contributed by atoms with E-state index in [-0.39, 0.29) is 41.2 Å². The molecule has 3 aromatic rings. The predicted molar refractivity (Wildman–Crippen MR) is 175 cm³/mol. The Labute approximate surface area is 274 Å². The van der Waals surface area contributed by atoms with Crippen LogP contribution >= 0.6 is 34.8 Å². The van der Waals surface area contributed by atoms with Crippen LogP contribution in [0.4, 0.5) is 5.69 Å². The Morgan fingerprint density at radius 3 is 2.07 bits per heavy atom. The highest BCUT2D eigenvalue weighted by molar-refractivity contribution is 7.92. The lowest BCUT2D eigenvalue weighted by Crippen LogP contribution is -2.53. The summed E-state index contributed by atoms with van der Waals surface area (Å²) in [6.07, 6.45) is 0.954. The summed E-state index contributed by atoms with van der Waals surface area (Å²) in [6, 6.07) is 14.0. The lowest BCUT2D eigenvalue weighted by molar-refractivity contribution is -0.140. The summed E-state index contributed by atoms with van der Waals surface area (Å²) in [7, 11) is -1.52. The van der Waals surface area contributed by atoms with Crippen LogP contribution in [0.1, 0.15) is 39.2 Å². The molecule has 0 spiro atoms. The van der Waals surface area contributed by atoms with Gasteiger partial charge >= 0.3 is 0 Å². The van der Waals surface area contributed by atoms with Crippen LogP contribution in [0.15, 0.2) is 65.6 Å². The molecule has 0 saturated carbocycles. The molecule has 2 atom stereocenters. The quantitative estimate of drug-likeness (QED) is 0.206. The lowest BCUT2D eigenvalue weighted by Gasteiger charge is -2.34. The number of hydrogen-bond acceptors (Lipinski definition) is 6. The van der Waals surface area contributed by atoms with Gasteiger partial charge in [0.15, 0.2) is 11.5 Å². The van der Waals surface area contributed by atoms with Crippen LogP contribution in [0.2, 0.25) is 15.1 Å². The molecular weight excluding hydrogens is 649 g/mol. The van der Waals surface area contributed by atoms with Crippen molar-refractivity contribution in [3.63, 3.8) is 0 Å². The molecule has 0 fully saturated rings. The lowest BCUT2D eigenvalue weighted by atomic mass is 10.1. The van der Waals surface area contributed by atoms with E-state index in [2.05, 4.69) is 5.32 Å². The molecule has 2 unspecified atom stereocenters. The number of nitrogens with zero attached hydrogens (tertiary/aromatic N) is 2. The van der Waals surface area contributed by atoms with E-state index < -0.39 is 28.5 Å². The maximum atomic E-state index is 14.2. The first-order valence-corrected chi connectivity index (χ1v) is 16.5. The maximum Gasteiger partial charge on any atom is 0.264 e. The topological polar surface area (TPSA) is 105 Å². The Morgan fingerprint density at radius 2 is 1.50 bits per heavy atom. The zero-order valence-electron chi connectivity index (χ0n) is 25.1. The number of amides is 2. The van der Waals surface area contributed by atoms with Crippen molar-refractivity contribution < 1.29 is 27.5 Å². The maximum absolute atomic E-state index is 14.2. The monoisotopic (exact) mass is 683 g/mol. The highest BCUT2D eigenvalue weighted by Gasteiger charge is 2.34. The largest absolute Gasteiger partial charge is 0.493 e. The van der Waals surface area contributed by atoms with Crippen LogP contribution in [0, 0.1) is 0 Å². The second-order valence-electron chi connectivity index (χ2n) is 10.0. The average Bonchev–Trinajstić information content (AvgIpc) is 3.00. The van der Waals surface area contributed by atoms with E-state index in [1.807, 2.05) is 13.8 Å². The van der Waals surface area contributed by atoms with Crippen molar-refractivity contribution >= 4 is 62.3 Å². The molecule has 3 rings (SSSR count). The van der Waals surface area contributed by atoms with Gasteiger partial charge in [-0.3, -0.25) is 13.9 Å². The first-order chi connectivity index (χ1) is 20.9. The van der Waals surface area contributed by atoms with Crippen molar-refractivity contribution in [1.82, 2.24) is 10.2 Å². The van der Waals surface area contributed by atoms with Gasteiger partial charge in [0.1, 0.15) is 12.6 Å². The smallest absolute Gasteiger partial charge is 0.264 e. The van der Waals surface area contributed by atoms with E-state index in [9.17, 15) is 18.0 Å². The van der Waals surface area contributed by atoms with E-state index in [0.717, 1.165) is 4.31 Å². The molecule has 2 amide bonds. The number of ether oxygens (including phenoxy) is 2. The van der Waals surface area contributed by atoms with E-state index in [4.69, 9.17) is 44.3 Å². The molecule has 1 N–H and O–H groups in total. The van der Waals surface area contributed by atoms with Crippen molar-refractivity contribution in [3.8, 4) is 11.5 Å². The van der Waals surface area contributed by atoms with Gasteiger partial charge in [0, 0.05) is 33.7 Å². The Hall–Kier alpha value is -3.18. The fourth-order valence-electron chi connectivity index (χ4n) is 4.43. The molecule has 9 nitrogen and oxygen atoms in total. The van der Waals surface area contributed by atoms with Crippen molar-refractivity contribution in [2.75, 3.05) is 25.1 Å². The van der Waals surface area contributed by atoms with Gasteiger partial charge in [-0.1, -0.05) is 54.7 Å². The van der Waals surface area contributed by atoms with Gasteiger partial charge in [0.05, 0.1) is 24.8 Å². The summed E-state index contributed by atoms with van der Waals surface area (Å²) in [4.78, 5) is 28.9. The van der Waals surface area contributed by atoms with Crippen LogP contribution in [-0.4, -0.2) is 58.0 Å². The molecule has 0 aliphatic heterocycles. The molecule has 44 heavy (non-hydrogen) atoms. The molecular formula is C31H36Cl3N3O6S. The van der Waals surface area contributed by atoms with Gasteiger partial charge < -0.3 is 19.7 Å². The third-order valence-electron chi connectivity index (χ3n) is 7.08. The summed E-state index contributed by atoms with van der Waals surface area (Å²) >= 11 is 18.7. The zero-order chi connectivity index (χ0) is 32.6. The zero-order valence-corrected chi connectivity index (χ0v) is 28.2. The summed E-state index contributed by atoms with van der Waals surface area (Å²) in [5.41, 5.74) is 0.735. The SMILES string of the molecule is CCC(C)NC(=O)C(CC)N(Cc1ccc(Cl)cc1Cl)C(=O)CN(c1ccc(Cl)cc1)S(=O)(=O)c1ccc(OC)c(OC)c1. The minimum Gasteiger partial charge on any atom is -0.493 e. The minimum absolute atomic E-state index is 0.0634. The van der Waals surface area contributed by atoms with Gasteiger partial charge in [-0.05, 0) is 73.9 Å². The molecule has 0 aliphatic carbocycles. The number of anilines is 1. The number of nitrogens with one attached hydrogen (secondary N) is 1. The number of rotatable bonds is 14. The first-order valence-electron chi connectivity index (χ1n) is 13.9. The molecule has 13 heteroatoms. The van der Waals surface area contributed by atoms with Crippen LogP contribution in [0.5, 0.6) is 11.5 Å². The molecule has 3 aromatic carbocycles. The van der Waals surface area contributed by atoms with Gasteiger partial charge in [-0.25, -0.2) is 8.42 Å². The fourth-order valence-corrected chi connectivity index (χ4v) is 6.46. The molecule has 0 saturated heterocycles. The highest BCUT2D eigenvalue weighted by atomic mass is 35.5. The summed E-state index contributed by atoms with van der Waals surface area (Å²) < 4.78 is 39.9. The number of methoxy groups -OCH3 is 2. The summed E-state index contributed by atoms with van der Waals surface area (Å²) in [5, 5.41) is 4.04. The molecule has 0 radical (unpaired) electrons. The normalized spacial score (nSPS) is 12.6. The van der Waals surface area contributed by atoms with Gasteiger partial charge in [0.25, 0.3) is 10.0 Å². The number of benzene rings is 3. The number of hydrogen-bond donors (Lipinski definition) is 1. The van der Waals surface area contributed by atoms with Gasteiger partial charge in [-0.15, -0.1) is 0 Å². The van der Waals surface area contributed by atoms with Gasteiger partial charge in [-0.2, -0.15) is 0 Å². The van der Waals surface area contributed by atoms with Crippen LogP contribution in [0.3, 0.4) is 0 Å². The Kier molecular flexibility index (Phi) is 12.6. The predicted octanol–water partition coefficient (Wildman–Crippen LogP) is 6.58. The Morgan fingerprint density at radius 1 is 0.864 bits per heavy atom. The van der Waals surface area contributed by atoms with E-state index in [0.29, 0.717) is 32.8 Å². The molecule has 0 heterocycles. The molecule has 0 aromatic heterocycles. The fraction of sp³-hybridized carbons (Fsp3) is 0.355. The number of sulfonamides is 1. The summed E-state index contributed by atoms with van der Waals surface area (Å²) in [5.74, 6) is -0.449. The second-order valence-corrected chi connectivity index (χ2v) is 13.1. The number of carbonyl (C=O) groups is 2. The van der Waals surface area contributed by atoms with Crippen molar-refractivity contribution in [2.45, 2.75) is 57.1 Å². The van der Waals surface area contributed by atoms with Crippen LogP contribution in [0.25, 0.3) is 0 Å².